The van der Waals surface area contributed by atoms with Gasteiger partial charge in [0.25, 0.3) is 0 Å². The average molecular weight is 404 g/mol. The van der Waals surface area contributed by atoms with Crippen LogP contribution in [0.2, 0.25) is 0 Å². The van der Waals surface area contributed by atoms with Crippen molar-refractivity contribution < 1.29 is 14.2 Å². The van der Waals surface area contributed by atoms with Gasteiger partial charge >= 0.3 is 0 Å². The molecule has 1 saturated heterocycles. The molecule has 1 aromatic rings. The first kappa shape index (κ1) is 21.3. The largest absolute Gasteiger partial charge is 0.488 e. The Kier molecular flexibility index (Phi) is 6.54. The Morgan fingerprint density at radius 1 is 1.38 bits per heavy atom. The molecule has 7 nitrogen and oxygen atoms in total. The minimum atomic E-state index is -0.446. The first-order chi connectivity index (χ1) is 13.8. The van der Waals surface area contributed by atoms with Crippen LogP contribution in [0.25, 0.3) is 0 Å². The number of aliphatic hydroxyl groups excluding tert-OH is 1. The molecule has 3 atom stereocenters. The summed E-state index contributed by atoms with van der Waals surface area (Å²) in [7, 11) is 3.91. The standard InChI is InChI=1S/C21H30FN5O2/c1-13(2)29-19-7-14(5-6-16(19)22)21(23)15-8-20(25-12-24-9-15)27-10-17(26(3)4)18(28)11-27/h5-8,12-13,15,17-18,23,28H,9-11H2,1-4H3,(H,24,25)/t15?,17?,18-/m0/s1. The molecule has 29 heavy (non-hydrogen) atoms. The summed E-state index contributed by atoms with van der Waals surface area (Å²) in [4.78, 5) is 8.44. The van der Waals surface area contributed by atoms with Crippen molar-refractivity contribution in [2.75, 3.05) is 33.7 Å². The molecule has 0 aromatic heterocycles. The number of hydrogen-bond donors (Lipinski definition) is 3. The lowest BCUT2D eigenvalue weighted by Crippen LogP contribution is -2.38. The minimum Gasteiger partial charge on any atom is -0.488 e. The Bertz CT molecular complexity index is 808. The van der Waals surface area contributed by atoms with Crippen LogP contribution in [-0.2, 0) is 0 Å². The zero-order valence-corrected chi connectivity index (χ0v) is 17.4. The molecular formula is C21H30FN5O2. The van der Waals surface area contributed by atoms with E-state index in [1.807, 2.05) is 38.9 Å². The normalized spacial score (nSPS) is 24.5. The van der Waals surface area contributed by atoms with Gasteiger partial charge in [0.05, 0.1) is 31.1 Å². The SMILES string of the molecule is CC(C)Oc1cc(C(=N)C2C=C(N3CC(N(C)C)[C@@H](O)C3)NC=NC2)ccc1F. The third-order valence-electron chi connectivity index (χ3n) is 5.20. The van der Waals surface area contributed by atoms with Gasteiger partial charge in [-0.3, -0.25) is 4.99 Å². The Balaban J connectivity index is 1.82. The second-order valence-electron chi connectivity index (χ2n) is 8.03. The maximum Gasteiger partial charge on any atom is 0.165 e. The predicted molar refractivity (Wildman–Crippen MR) is 112 cm³/mol. The number of likely N-dealkylation sites (tertiary alicyclic amines) is 1. The lowest BCUT2D eigenvalue weighted by Gasteiger charge is -2.24. The molecule has 0 spiro atoms. The lowest BCUT2D eigenvalue weighted by molar-refractivity contribution is 0.113. The maximum atomic E-state index is 14.0. The molecule has 8 heteroatoms. The number of ether oxygens (including phenoxy) is 1. The molecule has 2 heterocycles. The summed E-state index contributed by atoms with van der Waals surface area (Å²) in [5.41, 5.74) is 0.952. The van der Waals surface area contributed by atoms with Crippen LogP contribution in [0.5, 0.6) is 5.75 Å². The highest BCUT2D eigenvalue weighted by atomic mass is 19.1. The molecule has 3 N–H and O–H groups in total. The van der Waals surface area contributed by atoms with Gasteiger partial charge in [-0.2, -0.15) is 0 Å². The summed E-state index contributed by atoms with van der Waals surface area (Å²) in [6, 6.07) is 4.56. The first-order valence-electron chi connectivity index (χ1n) is 9.87. The van der Waals surface area contributed by atoms with Gasteiger partial charge in [0.2, 0.25) is 0 Å². The summed E-state index contributed by atoms with van der Waals surface area (Å²) in [5.74, 6) is 0.264. The van der Waals surface area contributed by atoms with Crippen molar-refractivity contribution >= 4 is 12.1 Å². The van der Waals surface area contributed by atoms with Gasteiger partial charge in [0.15, 0.2) is 11.6 Å². The van der Waals surface area contributed by atoms with Gasteiger partial charge in [0.1, 0.15) is 5.82 Å². The monoisotopic (exact) mass is 403 g/mol. The van der Waals surface area contributed by atoms with Crippen molar-refractivity contribution in [2.24, 2.45) is 10.9 Å². The van der Waals surface area contributed by atoms with Crippen LogP contribution in [0.4, 0.5) is 4.39 Å². The van der Waals surface area contributed by atoms with E-state index in [2.05, 4.69) is 15.2 Å². The van der Waals surface area contributed by atoms with Gasteiger partial charge in [-0.1, -0.05) is 0 Å². The average Bonchev–Trinajstić information content (AvgIpc) is 2.89. The number of aliphatic hydroxyl groups is 1. The fraction of sp³-hybridized carbons (Fsp3) is 0.524. The summed E-state index contributed by atoms with van der Waals surface area (Å²) < 4.78 is 19.6. The molecule has 0 amide bonds. The topological polar surface area (TPSA) is 84.2 Å². The van der Waals surface area contributed by atoms with Crippen molar-refractivity contribution in [1.29, 1.82) is 5.41 Å². The Morgan fingerprint density at radius 2 is 2.14 bits per heavy atom. The van der Waals surface area contributed by atoms with E-state index in [1.165, 1.54) is 6.07 Å². The predicted octanol–water partition coefficient (Wildman–Crippen LogP) is 1.68. The Morgan fingerprint density at radius 3 is 2.79 bits per heavy atom. The summed E-state index contributed by atoms with van der Waals surface area (Å²) >= 11 is 0. The number of aliphatic imine (C=N–C) groups is 1. The minimum absolute atomic E-state index is 0.0450. The van der Waals surface area contributed by atoms with E-state index >= 15 is 0 Å². The molecule has 3 rings (SSSR count). The molecule has 2 aliphatic rings. The summed E-state index contributed by atoms with van der Waals surface area (Å²) in [5, 5.41) is 22.2. The highest BCUT2D eigenvalue weighted by Crippen LogP contribution is 2.24. The molecule has 0 radical (unpaired) electrons. The van der Waals surface area contributed by atoms with Crippen LogP contribution in [0.1, 0.15) is 19.4 Å². The number of nitrogens with zero attached hydrogens (tertiary/aromatic N) is 3. The molecule has 1 fully saturated rings. The fourth-order valence-electron chi connectivity index (χ4n) is 3.64. The number of rotatable bonds is 6. The molecule has 0 bridgehead atoms. The van der Waals surface area contributed by atoms with Crippen molar-refractivity contribution in [2.45, 2.75) is 32.1 Å². The Hall–Kier alpha value is -2.45. The number of likely N-dealkylation sites (N-methyl/N-ethyl adjacent to an activating group) is 1. The molecule has 0 saturated carbocycles. The van der Waals surface area contributed by atoms with Gasteiger partial charge in [-0.15, -0.1) is 0 Å². The van der Waals surface area contributed by atoms with Crippen LogP contribution in [0.15, 0.2) is 35.1 Å². The number of halogens is 1. The summed E-state index contributed by atoms with van der Waals surface area (Å²) in [6.45, 7) is 5.29. The molecule has 1 aromatic carbocycles. The van der Waals surface area contributed by atoms with E-state index < -0.39 is 11.9 Å². The van der Waals surface area contributed by atoms with Crippen molar-refractivity contribution in [3.8, 4) is 5.75 Å². The van der Waals surface area contributed by atoms with E-state index in [-0.39, 0.29) is 23.8 Å². The number of β-amino-alcohol motifs (C(OH)–C–C–N with tert-alkyl or cyclic N) is 1. The van der Waals surface area contributed by atoms with Crippen LogP contribution < -0.4 is 10.1 Å². The zero-order valence-electron chi connectivity index (χ0n) is 17.4. The van der Waals surface area contributed by atoms with E-state index in [1.54, 1.807) is 18.5 Å². The lowest BCUT2D eigenvalue weighted by atomic mass is 9.96. The van der Waals surface area contributed by atoms with Crippen LogP contribution in [0, 0.1) is 17.1 Å². The third kappa shape index (κ3) is 4.94. The fourth-order valence-corrected chi connectivity index (χ4v) is 3.64. The number of hydrogen-bond acceptors (Lipinski definition) is 7. The van der Waals surface area contributed by atoms with Crippen molar-refractivity contribution in [1.82, 2.24) is 15.1 Å². The van der Waals surface area contributed by atoms with Crippen LogP contribution in [0.3, 0.4) is 0 Å². The second-order valence-corrected chi connectivity index (χ2v) is 8.03. The van der Waals surface area contributed by atoms with Gasteiger partial charge in [0, 0.05) is 24.7 Å². The first-order valence-corrected chi connectivity index (χ1v) is 9.87. The van der Waals surface area contributed by atoms with E-state index in [0.29, 0.717) is 30.9 Å². The quantitative estimate of drug-likeness (QED) is 0.630. The highest BCUT2D eigenvalue weighted by molar-refractivity contribution is 6.01. The van der Waals surface area contributed by atoms with Crippen molar-refractivity contribution in [3.63, 3.8) is 0 Å². The van der Waals surface area contributed by atoms with Gasteiger partial charge < -0.3 is 30.4 Å². The maximum absolute atomic E-state index is 14.0. The Labute approximate surface area is 171 Å². The van der Waals surface area contributed by atoms with Crippen LogP contribution in [-0.4, -0.2) is 78.9 Å². The van der Waals surface area contributed by atoms with Crippen LogP contribution >= 0.6 is 0 Å². The molecule has 158 valence electrons. The zero-order chi connectivity index (χ0) is 21.1. The summed E-state index contributed by atoms with van der Waals surface area (Å²) in [6.07, 6.45) is 3.00. The van der Waals surface area contributed by atoms with Gasteiger partial charge in [-0.25, -0.2) is 4.39 Å². The van der Waals surface area contributed by atoms with E-state index in [0.717, 1.165) is 5.82 Å². The van der Waals surface area contributed by atoms with Gasteiger partial charge in [-0.05, 0) is 57.8 Å². The highest BCUT2D eigenvalue weighted by Gasteiger charge is 2.34. The second kappa shape index (κ2) is 8.92. The van der Waals surface area contributed by atoms with Crippen molar-refractivity contribution in [3.05, 3.63) is 41.5 Å². The van der Waals surface area contributed by atoms with E-state index in [9.17, 15) is 9.50 Å². The number of nitrogens with one attached hydrogen (secondary N) is 2. The molecular weight excluding hydrogens is 373 g/mol. The molecule has 2 unspecified atom stereocenters. The molecule has 2 aliphatic heterocycles. The number of benzene rings is 1. The third-order valence-corrected chi connectivity index (χ3v) is 5.20. The molecule has 0 aliphatic carbocycles. The smallest absolute Gasteiger partial charge is 0.165 e. The van der Waals surface area contributed by atoms with E-state index in [4.69, 9.17) is 10.1 Å².